The third-order valence-electron chi connectivity index (χ3n) is 1.40. The van der Waals surface area contributed by atoms with Crippen molar-refractivity contribution in [3.63, 3.8) is 0 Å². The van der Waals surface area contributed by atoms with Gasteiger partial charge >= 0.3 is 14.5 Å². The lowest BCUT2D eigenvalue weighted by Gasteiger charge is -2.21. The van der Waals surface area contributed by atoms with Gasteiger partial charge in [-0.1, -0.05) is 0 Å². The van der Waals surface area contributed by atoms with Crippen molar-refractivity contribution in [3.8, 4) is 0 Å². The van der Waals surface area contributed by atoms with Crippen molar-refractivity contribution in [1.29, 1.82) is 0 Å². The fourth-order valence-electron chi connectivity index (χ4n) is 0.459. The predicted octanol–water partition coefficient (Wildman–Crippen LogP) is -0.591. The maximum absolute atomic E-state index is 13.2. The standard InChI is InChI=1S/C4H10FNO5S2/c1-4(5,13(9,10)11)12(7,8)6(2)3/h1-3H3,(H,9,10,11). The minimum absolute atomic E-state index is 0.262. The molecule has 0 amide bonds. The second kappa shape index (κ2) is 3.15. The van der Waals surface area contributed by atoms with Crippen molar-refractivity contribution in [1.82, 2.24) is 4.31 Å². The SMILES string of the molecule is CN(C)S(=O)(=O)C(C)(F)S(=O)(=O)O. The van der Waals surface area contributed by atoms with Gasteiger partial charge in [0.05, 0.1) is 0 Å². The van der Waals surface area contributed by atoms with E-state index >= 15 is 0 Å². The third kappa shape index (κ3) is 1.98. The van der Waals surface area contributed by atoms with E-state index in [2.05, 4.69) is 0 Å². The van der Waals surface area contributed by atoms with Gasteiger partial charge in [0.2, 0.25) is 0 Å². The van der Waals surface area contributed by atoms with Crippen molar-refractivity contribution >= 4 is 20.1 Å². The first-order chi connectivity index (χ1) is 5.44. The smallest absolute Gasteiger partial charge is 0.282 e. The molecule has 6 nitrogen and oxygen atoms in total. The van der Waals surface area contributed by atoms with Gasteiger partial charge in [-0.15, -0.1) is 0 Å². The second-order valence-electron chi connectivity index (χ2n) is 2.60. The Morgan fingerprint density at radius 1 is 1.23 bits per heavy atom. The quantitative estimate of drug-likeness (QED) is 0.660. The van der Waals surface area contributed by atoms with Crippen LogP contribution >= 0.6 is 0 Å². The molecule has 0 aliphatic rings. The Balaban J connectivity index is 5.59. The summed E-state index contributed by atoms with van der Waals surface area (Å²) in [5, 5.41) is 0. The van der Waals surface area contributed by atoms with Gasteiger partial charge in [-0.25, -0.2) is 17.1 Å². The lowest BCUT2D eigenvalue weighted by Crippen LogP contribution is -2.45. The highest BCUT2D eigenvalue weighted by Gasteiger charge is 2.52. The van der Waals surface area contributed by atoms with E-state index in [1.807, 2.05) is 0 Å². The van der Waals surface area contributed by atoms with Crippen molar-refractivity contribution in [2.24, 2.45) is 0 Å². The molecular formula is C4H10FNO5S2. The first kappa shape index (κ1) is 12.8. The summed E-state index contributed by atoms with van der Waals surface area (Å²) in [6.07, 6.45) is 0. The van der Waals surface area contributed by atoms with Crippen LogP contribution in [0.25, 0.3) is 0 Å². The molecule has 13 heavy (non-hydrogen) atoms. The van der Waals surface area contributed by atoms with Crippen molar-refractivity contribution in [2.45, 2.75) is 11.3 Å². The number of alkyl halides is 1. The minimum Gasteiger partial charge on any atom is -0.282 e. The van der Waals surface area contributed by atoms with E-state index in [-0.39, 0.29) is 6.92 Å². The predicted molar refractivity (Wildman–Crippen MR) is 43.7 cm³/mol. The van der Waals surface area contributed by atoms with Crippen molar-refractivity contribution in [2.75, 3.05) is 14.1 Å². The Morgan fingerprint density at radius 3 is 1.62 bits per heavy atom. The molecule has 0 radical (unpaired) electrons. The molecule has 1 atom stereocenters. The van der Waals surface area contributed by atoms with Gasteiger partial charge < -0.3 is 0 Å². The molecule has 0 saturated heterocycles. The van der Waals surface area contributed by atoms with Crippen molar-refractivity contribution < 1.29 is 25.8 Å². The molecule has 0 aromatic rings. The van der Waals surface area contributed by atoms with Gasteiger partial charge in [0, 0.05) is 21.0 Å². The van der Waals surface area contributed by atoms with Gasteiger partial charge in [-0.05, 0) is 0 Å². The number of halogens is 1. The van der Waals surface area contributed by atoms with Crippen LogP contribution in [0.15, 0.2) is 0 Å². The molecule has 0 heterocycles. The Labute approximate surface area is 76.1 Å². The van der Waals surface area contributed by atoms with E-state index in [4.69, 9.17) is 4.55 Å². The largest absolute Gasteiger partial charge is 0.344 e. The molecule has 1 N–H and O–H groups in total. The average Bonchev–Trinajstić information content (AvgIpc) is 1.84. The lowest BCUT2D eigenvalue weighted by molar-refractivity contribution is 0.330. The van der Waals surface area contributed by atoms with Crippen LogP contribution in [0.1, 0.15) is 6.92 Å². The summed E-state index contributed by atoms with van der Waals surface area (Å²) in [6.45, 7) is 0.262. The Morgan fingerprint density at radius 2 is 1.54 bits per heavy atom. The van der Waals surface area contributed by atoms with E-state index in [1.54, 1.807) is 0 Å². The zero-order chi connectivity index (χ0) is 11.1. The molecule has 0 rings (SSSR count). The van der Waals surface area contributed by atoms with Crippen LogP contribution in [0.3, 0.4) is 0 Å². The average molecular weight is 235 g/mol. The molecule has 0 bridgehead atoms. The van der Waals surface area contributed by atoms with E-state index < -0.39 is 24.5 Å². The number of rotatable bonds is 3. The molecule has 0 fully saturated rings. The fraction of sp³-hybridized carbons (Fsp3) is 1.00. The molecule has 0 saturated carbocycles. The third-order valence-corrected chi connectivity index (χ3v) is 5.47. The summed E-state index contributed by atoms with van der Waals surface area (Å²) in [5.74, 6) is 0. The Hall–Kier alpha value is -0.250. The van der Waals surface area contributed by atoms with E-state index in [0.717, 1.165) is 14.1 Å². The molecule has 80 valence electrons. The topological polar surface area (TPSA) is 91.8 Å². The summed E-state index contributed by atoms with van der Waals surface area (Å²) in [6, 6.07) is 0. The molecule has 0 aliphatic heterocycles. The first-order valence-electron chi connectivity index (χ1n) is 3.02. The zero-order valence-corrected chi connectivity index (χ0v) is 8.85. The summed E-state index contributed by atoms with van der Waals surface area (Å²) in [4.78, 5) is 0. The van der Waals surface area contributed by atoms with Crippen LogP contribution in [0.4, 0.5) is 4.39 Å². The maximum Gasteiger partial charge on any atom is 0.344 e. The monoisotopic (exact) mass is 235 g/mol. The molecule has 0 aromatic heterocycles. The maximum atomic E-state index is 13.2. The number of hydrogen-bond donors (Lipinski definition) is 1. The first-order valence-corrected chi connectivity index (χ1v) is 5.90. The van der Waals surface area contributed by atoms with Gasteiger partial charge in [-0.2, -0.15) is 8.42 Å². The summed E-state index contributed by atoms with van der Waals surface area (Å²) < 4.78 is 60.9. The van der Waals surface area contributed by atoms with Crippen molar-refractivity contribution in [3.05, 3.63) is 0 Å². The molecule has 0 aliphatic carbocycles. The fourth-order valence-corrected chi connectivity index (χ4v) is 2.62. The van der Waals surface area contributed by atoms with Crippen LogP contribution in [0, 0.1) is 0 Å². The van der Waals surface area contributed by atoms with Gasteiger partial charge in [0.1, 0.15) is 0 Å². The number of hydrogen-bond acceptors (Lipinski definition) is 4. The Kier molecular flexibility index (Phi) is 3.09. The molecule has 9 heteroatoms. The summed E-state index contributed by atoms with van der Waals surface area (Å²) >= 11 is 0. The van der Waals surface area contributed by atoms with E-state index in [0.29, 0.717) is 4.31 Å². The van der Waals surface area contributed by atoms with Gasteiger partial charge in [0.15, 0.2) is 0 Å². The highest BCUT2D eigenvalue weighted by molar-refractivity contribution is 8.06. The zero-order valence-electron chi connectivity index (χ0n) is 7.22. The molecule has 0 spiro atoms. The van der Waals surface area contributed by atoms with Crippen LogP contribution < -0.4 is 0 Å². The van der Waals surface area contributed by atoms with Crippen LogP contribution in [0.2, 0.25) is 0 Å². The number of sulfonamides is 1. The summed E-state index contributed by atoms with van der Waals surface area (Å²) in [7, 11) is -8.09. The van der Waals surface area contributed by atoms with Crippen LogP contribution in [-0.4, -0.2) is 44.1 Å². The molecule has 1 unspecified atom stereocenters. The van der Waals surface area contributed by atoms with E-state index in [1.165, 1.54) is 0 Å². The van der Waals surface area contributed by atoms with Gasteiger partial charge in [0.25, 0.3) is 10.0 Å². The Bertz CT molecular complexity index is 381. The van der Waals surface area contributed by atoms with Crippen LogP contribution in [-0.2, 0) is 20.1 Å². The van der Waals surface area contributed by atoms with Crippen LogP contribution in [0.5, 0.6) is 0 Å². The lowest BCUT2D eigenvalue weighted by atomic mass is 10.9. The normalized spacial score (nSPS) is 18.6. The molecule has 0 aromatic carbocycles. The number of nitrogens with zero attached hydrogens (tertiary/aromatic N) is 1. The van der Waals surface area contributed by atoms with Gasteiger partial charge in [-0.3, -0.25) is 4.55 Å². The van der Waals surface area contributed by atoms with E-state index in [9.17, 15) is 21.2 Å². The highest BCUT2D eigenvalue weighted by Crippen LogP contribution is 2.26. The summed E-state index contributed by atoms with van der Waals surface area (Å²) in [5.41, 5.74) is 0. The minimum atomic E-state index is -5.30. The molecular weight excluding hydrogens is 225 g/mol. The second-order valence-corrected chi connectivity index (χ2v) is 7.02. The highest BCUT2D eigenvalue weighted by atomic mass is 32.3.